The molecule has 0 aliphatic heterocycles. The minimum absolute atomic E-state index is 0.523. The van der Waals surface area contributed by atoms with Gasteiger partial charge in [0.15, 0.2) is 9.84 Å². The third-order valence-electron chi connectivity index (χ3n) is 3.76. The summed E-state index contributed by atoms with van der Waals surface area (Å²) in [6.45, 7) is 0. The first kappa shape index (κ1) is 14.7. The molecule has 1 aliphatic rings. The number of anilines is 1. The fourth-order valence-electron chi connectivity index (χ4n) is 2.78. The molecule has 20 heavy (non-hydrogen) atoms. The number of nitriles is 1. The smallest absolute Gasteiger partial charge is 0.153 e. The van der Waals surface area contributed by atoms with Crippen molar-refractivity contribution in [3.05, 3.63) is 24.3 Å². The van der Waals surface area contributed by atoms with Crippen molar-refractivity contribution in [2.24, 2.45) is 0 Å². The zero-order chi connectivity index (χ0) is 14.8. The topological polar surface area (TPSA) is 79.2 Å². The Hall–Kier alpha value is -1.74. The predicted octanol–water partition coefficient (Wildman–Crippen LogP) is 1.97. The molecule has 1 saturated carbocycles. The summed E-state index contributed by atoms with van der Waals surface area (Å²) in [7, 11) is -1.69. The molecule has 1 aliphatic carbocycles. The van der Waals surface area contributed by atoms with Crippen molar-refractivity contribution in [2.45, 2.75) is 30.1 Å². The van der Waals surface area contributed by atoms with Crippen LogP contribution in [0.15, 0.2) is 24.3 Å². The van der Waals surface area contributed by atoms with Crippen molar-refractivity contribution in [1.29, 1.82) is 5.26 Å². The number of nitrogens with one attached hydrogen (secondary N) is 1. The summed E-state index contributed by atoms with van der Waals surface area (Å²) in [6, 6.07) is 9.32. The molecule has 1 aromatic rings. The highest BCUT2D eigenvalue weighted by Gasteiger charge is 2.48. The van der Waals surface area contributed by atoms with Crippen LogP contribution in [-0.4, -0.2) is 32.6 Å². The number of rotatable bonds is 4. The van der Waals surface area contributed by atoms with Gasteiger partial charge in [0.05, 0.1) is 18.4 Å². The Morgan fingerprint density at radius 1 is 1.40 bits per heavy atom. The zero-order valence-electron chi connectivity index (χ0n) is 11.6. The van der Waals surface area contributed by atoms with Gasteiger partial charge in [0.1, 0.15) is 11.3 Å². The summed E-state index contributed by atoms with van der Waals surface area (Å²) in [5.74, 6) is 0.715. The Morgan fingerprint density at radius 2 is 2.05 bits per heavy atom. The number of sulfone groups is 1. The molecule has 2 rings (SSSR count). The third kappa shape index (κ3) is 2.73. The highest BCUT2D eigenvalue weighted by atomic mass is 32.2. The van der Waals surface area contributed by atoms with Crippen LogP contribution in [0.2, 0.25) is 0 Å². The lowest BCUT2D eigenvalue weighted by Gasteiger charge is -2.29. The SMILES string of the molecule is COc1ccc(NC2(C#N)CCCC2S(C)(=O)=O)cc1. The lowest BCUT2D eigenvalue weighted by Crippen LogP contribution is -2.47. The van der Waals surface area contributed by atoms with Crippen LogP contribution in [0.1, 0.15) is 19.3 Å². The van der Waals surface area contributed by atoms with Crippen molar-refractivity contribution in [2.75, 3.05) is 18.7 Å². The molecule has 0 heterocycles. The summed E-state index contributed by atoms with van der Waals surface area (Å²) in [5, 5.41) is 12.0. The molecule has 0 radical (unpaired) electrons. The van der Waals surface area contributed by atoms with Crippen LogP contribution in [0.5, 0.6) is 5.75 Å². The predicted molar refractivity (Wildman–Crippen MR) is 77.4 cm³/mol. The molecule has 2 atom stereocenters. The number of benzene rings is 1. The highest BCUT2D eigenvalue weighted by molar-refractivity contribution is 7.91. The lowest BCUT2D eigenvalue weighted by atomic mass is 9.99. The van der Waals surface area contributed by atoms with Gasteiger partial charge in [-0.2, -0.15) is 5.26 Å². The van der Waals surface area contributed by atoms with Gasteiger partial charge in [0.25, 0.3) is 0 Å². The quantitative estimate of drug-likeness (QED) is 0.918. The molecule has 0 spiro atoms. The summed E-state index contributed by atoms with van der Waals surface area (Å²) in [4.78, 5) is 0. The van der Waals surface area contributed by atoms with E-state index in [1.807, 2.05) is 0 Å². The van der Waals surface area contributed by atoms with Gasteiger partial charge in [-0.25, -0.2) is 8.42 Å². The second-order valence-corrected chi connectivity index (χ2v) is 7.38. The van der Waals surface area contributed by atoms with Crippen LogP contribution >= 0.6 is 0 Å². The van der Waals surface area contributed by atoms with Crippen molar-refractivity contribution in [1.82, 2.24) is 0 Å². The van der Waals surface area contributed by atoms with Crippen LogP contribution in [0.3, 0.4) is 0 Å². The maximum absolute atomic E-state index is 11.9. The number of methoxy groups -OCH3 is 1. The Labute approximate surface area is 119 Å². The van der Waals surface area contributed by atoms with E-state index in [1.54, 1.807) is 31.4 Å². The molecule has 108 valence electrons. The monoisotopic (exact) mass is 294 g/mol. The maximum Gasteiger partial charge on any atom is 0.153 e. The minimum atomic E-state index is -3.26. The summed E-state index contributed by atoms with van der Waals surface area (Å²) < 4.78 is 28.9. The van der Waals surface area contributed by atoms with Gasteiger partial charge < -0.3 is 10.1 Å². The standard InChI is InChI=1S/C14H18N2O3S/c1-19-12-7-5-11(6-8-12)16-14(10-15)9-3-4-13(14)20(2,17)18/h5-8,13,16H,3-4,9H2,1-2H3. The van der Waals surface area contributed by atoms with E-state index in [-0.39, 0.29) is 0 Å². The molecule has 0 aromatic heterocycles. The van der Waals surface area contributed by atoms with Crippen LogP contribution in [0.4, 0.5) is 5.69 Å². The second kappa shape index (κ2) is 5.33. The molecule has 0 saturated heterocycles. The maximum atomic E-state index is 11.9. The first-order chi connectivity index (χ1) is 9.41. The van der Waals surface area contributed by atoms with Crippen LogP contribution in [0, 0.1) is 11.3 Å². The average Bonchev–Trinajstić information content (AvgIpc) is 2.84. The Bertz CT molecular complexity index is 619. The Kier molecular flexibility index (Phi) is 3.91. The van der Waals surface area contributed by atoms with E-state index in [0.717, 1.165) is 12.1 Å². The third-order valence-corrected chi connectivity index (χ3v) is 5.43. The number of nitrogens with zero attached hydrogens (tertiary/aromatic N) is 1. The van der Waals surface area contributed by atoms with E-state index >= 15 is 0 Å². The fourth-order valence-corrected chi connectivity index (χ4v) is 4.34. The van der Waals surface area contributed by atoms with E-state index in [1.165, 1.54) is 6.26 Å². The molecular formula is C14H18N2O3S. The normalized spacial score (nSPS) is 25.9. The molecule has 2 unspecified atom stereocenters. The lowest BCUT2D eigenvalue weighted by molar-refractivity contribution is 0.415. The van der Waals surface area contributed by atoms with Crippen molar-refractivity contribution in [3.63, 3.8) is 0 Å². The Balaban J connectivity index is 2.30. The van der Waals surface area contributed by atoms with Crippen molar-refractivity contribution >= 4 is 15.5 Å². The van der Waals surface area contributed by atoms with E-state index in [4.69, 9.17) is 4.74 Å². The van der Waals surface area contributed by atoms with Crippen LogP contribution < -0.4 is 10.1 Å². The molecule has 1 aromatic carbocycles. The number of hydrogen-bond donors (Lipinski definition) is 1. The zero-order valence-corrected chi connectivity index (χ0v) is 12.4. The molecule has 1 fully saturated rings. The minimum Gasteiger partial charge on any atom is -0.497 e. The second-order valence-electron chi connectivity index (χ2n) is 5.15. The van der Waals surface area contributed by atoms with E-state index < -0.39 is 20.6 Å². The Morgan fingerprint density at radius 3 is 2.55 bits per heavy atom. The number of hydrogen-bond acceptors (Lipinski definition) is 5. The summed E-state index contributed by atoms with van der Waals surface area (Å²) in [5.41, 5.74) is -0.315. The van der Waals surface area contributed by atoms with Crippen molar-refractivity contribution < 1.29 is 13.2 Å². The van der Waals surface area contributed by atoms with E-state index in [0.29, 0.717) is 18.6 Å². The number of ether oxygens (including phenoxy) is 1. The van der Waals surface area contributed by atoms with Gasteiger partial charge in [-0.1, -0.05) is 0 Å². The van der Waals surface area contributed by atoms with E-state index in [9.17, 15) is 13.7 Å². The van der Waals surface area contributed by atoms with Gasteiger partial charge >= 0.3 is 0 Å². The highest BCUT2D eigenvalue weighted by Crippen LogP contribution is 2.37. The summed E-state index contributed by atoms with van der Waals surface area (Å²) >= 11 is 0. The first-order valence-electron chi connectivity index (χ1n) is 6.44. The van der Waals surface area contributed by atoms with Gasteiger partial charge in [0.2, 0.25) is 0 Å². The van der Waals surface area contributed by atoms with Gasteiger partial charge in [-0.15, -0.1) is 0 Å². The molecule has 0 bridgehead atoms. The first-order valence-corrected chi connectivity index (χ1v) is 8.39. The molecule has 5 nitrogen and oxygen atoms in total. The van der Waals surface area contributed by atoms with Crippen LogP contribution in [0.25, 0.3) is 0 Å². The summed E-state index contributed by atoms with van der Waals surface area (Å²) in [6.07, 6.45) is 2.99. The fraction of sp³-hybridized carbons (Fsp3) is 0.500. The molecule has 6 heteroatoms. The van der Waals surface area contributed by atoms with E-state index in [2.05, 4.69) is 11.4 Å². The molecule has 1 N–H and O–H groups in total. The largest absolute Gasteiger partial charge is 0.497 e. The average molecular weight is 294 g/mol. The van der Waals surface area contributed by atoms with Gasteiger partial charge in [-0.3, -0.25) is 0 Å². The van der Waals surface area contributed by atoms with Gasteiger partial charge in [0, 0.05) is 11.9 Å². The van der Waals surface area contributed by atoms with Crippen molar-refractivity contribution in [3.8, 4) is 11.8 Å². The molecule has 0 amide bonds. The van der Waals surface area contributed by atoms with Crippen LogP contribution in [-0.2, 0) is 9.84 Å². The van der Waals surface area contributed by atoms with Gasteiger partial charge in [-0.05, 0) is 43.5 Å². The molecular weight excluding hydrogens is 276 g/mol.